The molecule has 5 nitrogen and oxygen atoms in total. The molecule has 0 spiro atoms. The van der Waals surface area contributed by atoms with Crippen LogP contribution in [-0.4, -0.2) is 124 Å². The average Bonchev–Trinajstić information content (AvgIpc) is 3.05. The van der Waals surface area contributed by atoms with E-state index in [0.29, 0.717) is 5.32 Å². The van der Waals surface area contributed by atoms with Gasteiger partial charge in [0.05, 0.1) is 0 Å². The van der Waals surface area contributed by atoms with Gasteiger partial charge in [0.15, 0.2) is 0 Å². The minimum absolute atomic E-state index is 0.212. The van der Waals surface area contributed by atoms with Gasteiger partial charge in [0.25, 0.3) is 5.91 Å². The maximum Gasteiger partial charge on any atom is 0.500 e. The number of nitrogens with one attached hydrogen (secondary N) is 1. The first-order valence-corrected chi connectivity index (χ1v) is 16.7. The molecule has 1 amide bonds. The van der Waals surface area contributed by atoms with E-state index in [0.717, 1.165) is 0 Å². The fraction of sp³-hybridized carbons (Fsp3) is 0.958. The van der Waals surface area contributed by atoms with Crippen molar-refractivity contribution < 1.29 is 145 Å². The maximum atomic E-state index is 14.2. The normalized spacial score (nSPS) is 16.1. The minimum atomic E-state index is -10.0. The predicted octanol–water partition coefficient (Wildman–Crippen LogP) is 10.4. The lowest BCUT2D eigenvalue weighted by Gasteiger charge is -2.46. The van der Waals surface area contributed by atoms with Gasteiger partial charge in [-0.2, -0.15) is 127 Å². The van der Waals surface area contributed by atoms with Crippen LogP contribution in [-0.2, 0) is 18.1 Å². The largest absolute Gasteiger partial charge is 0.500 e. The van der Waals surface area contributed by atoms with Crippen LogP contribution in [0.4, 0.5) is 127 Å². The van der Waals surface area contributed by atoms with Crippen LogP contribution < -0.4 is 5.32 Å². The van der Waals surface area contributed by atoms with E-state index >= 15 is 0 Å². The molecule has 0 fully saturated rings. The summed E-state index contributed by atoms with van der Waals surface area (Å²) in [6.45, 7) is 1.86. The summed E-state index contributed by atoms with van der Waals surface area (Å²) in [5.74, 6) is -126. The molecule has 0 saturated carbocycles. The highest BCUT2D eigenvalue weighted by molar-refractivity contribution is 6.60. The fourth-order valence-electron chi connectivity index (χ4n) is 4.11. The molecule has 0 saturated heterocycles. The van der Waals surface area contributed by atoms with E-state index in [1.807, 2.05) is 0 Å². The van der Waals surface area contributed by atoms with Crippen molar-refractivity contribution in [1.29, 1.82) is 0 Å². The summed E-state index contributed by atoms with van der Waals surface area (Å²) in [5, 5.41) is 0.611. The maximum absolute atomic E-state index is 14.2. The third-order valence-electron chi connectivity index (χ3n) is 7.41. The molecule has 0 aliphatic rings. The van der Waals surface area contributed by atoms with Crippen molar-refractivity contribution in [2.75, 3.05) is 26.4 Å². The Morgan fingerprint density at radius 1 is 0.390 bits per heavy atom. The third-order valence-corrected chi connectivity index (χ3v) is 10.6. The highest BCUT2D eigenvalue weighted by Gasteiger charge is 3.01. The summed E-state index contributed by atoms with van der Waals surface area (Å²) < 4.78 is 413. The number of hydrogen-bond acceptors (Lipinski definition) is 4. The summed E-state index contributed by atoms with van der Waals surface area (Å²) in [4.78, 5) is 11.7. The van der Waals surface area contributed by atoms with Crippen LogP contribution in [0.1, 0.15) is 27.2 Å². The number of carbonyl (C=O) groups excluding carboxylic acids is 1. The average molecular weight is 967 g/mol. The minimum Gasteiger partial charge on any atom is -0.374 e. The molecule has 35 heteroatoms. The molecule has 59 heavy (non-hydrogen) atoms. The first-order chi connectivity index (χ1) is 25.6. The van der Waals surface area contributed by atoms with Crippen LogP contribution in [0.5, 0.6) is 0 Å². The lowest BCUT2D eigenvalue weighted by atomic mass is 9.83. The van der Waals surface area contributed by atoms with E-state index in [9.17, 15) is 132 Å². The molecule has 0 aromatic rings. The summed E-state index contributed by atoms with van der Waals surface area (Å²) in [7, 11) is -3.83. The van der Waals surface area contributed by atoms with Crippen LogP contribution >= 0.6 is 0 Å². The van der Waals surface area contributed by atoms with E-state index in [1.165, 1.54) is 20.8 Å². The van der Waals surface area contributed by atoms with E-state index in [-0.39, 0.29) is 19.8 Å². The second kappa shape index (κ2) is 16.3. The van der Waals surface area contributed by atoms with Gasteiger partial charge in [-0.3, -0.25) is 4.79 Å². The van der Waals surface area contributed by atoms with Gasteiger partial charge in [-0.05, 0) is 27.2 Å². The van der Waals surface area contributed by atoms with Gasteiger partial charge < -0.3 is 18.6 Å². The SMILES string of the molecule is CCO[Si](CCCNC(=O)C(F)(F)C(F)(F)C(F)(F)C(F)(F)C(F)(F)C(F)(F)C(F)(F)C(F)(F)C(F)(F)C(F)(F)C(F)(F)C(F)(F)C(F)(F)C(F)(F)F)(OCC)OCC. The fourth-order valence-corrected chi connectivity index (χ4v) is 6.72. The molecule has 0 rings (SSSR count). The van der Waals surface area contributed by atoms with Crippen molar-refractivity contribution in [1.82, 2.24) is 5.32 Å². The van der Waals surface area contributed by atoms with Crippen LogP contribution in [0.3, 0.4) is 0 Å². The summed E-state index contributed by atoms with van der Waals surface area (Å²) in [6.07, 6.45) is -9.16. The number of hydrogen-bond donors (Lipinski definition) is 1. The van der Waals surface area contributed by atoms with Gasteiger partial charge in [-0.15, -0.1) is 0 Å². The number of halogens is 29. The van der Waals surface area contributed by atoms with Gasteiger partial charge in [0.1, 0.15) is 0 Å². The van der Waals surface area contributed by atoms with Gasteiger partial charge in [-0.25, -0.2) is 0 Å². The Morgan fingerprint density at radius 3 is 0.831 bits per heavy atom. The van der Waals surface area contributed by atoms with E-state index in [2.05, 4.69) is 0 Å². The van der Waals surface area contributed by atoms with E-state index in [1.54, 1.807) is 0 Å². The molecule has 354 valence electrons. The first kappa shape index (κ1) is 56.5. The number of carbonyl (C=O) groups is 1. The smallest absolute Gasteiger partial charge is 0.374 e. The zero-order chi connectivity index (χ0) is 48.1. The lowest BCUT2D eigenvalue weighted by Crippen LogP contribution is -2.79. The third kappa shape index (κ3) is 8.06. The standard InChI is InChI=1S/C24H22F29NO4Si/c1-4-56-59(57-5-2,58-6-3)9-7-8-54-10(55)11(25,26)12(27,28)13(29,30)14(31,32)15(33,34)16(35,36)17(37,38)18(39,40)19(41,42)20(43,44)21(45,46)22(47,48)23(49,50)24(51,52)53/h4-9H2,1-3H3,(H,54,55). The summed E-state index contributed by atoms with van der Waals surface area (Å²) in [6, 6.07) is -0.593. The molecular weight excluding hydrogens is 945 g/mol. The van der Waals surface area contributed by atoms with Crippen molar-refractivity contribution in [3.63, 3.8) is 0 Å². The van der Waals surface area contributed by atoms with Crippen molar-refractivity contribution in [3.8, 4) is 0 Å². The Balaban J connectivity index is 7.14. The second-order valence-corrected chi connectivity index (χ2v) is 14.0. The first-order valence-electron chi connectivity index (χ1n) is 14.7. The highest BCUT2D eigenvalue weighted by Crippen LogP contribution is 2.69. The van der Waals surface area contributed by atoms with Gasteiger partial charge in [0.2, 0.25) is 0 Å². The molecule has 0 aliphatic carbocycles. The van der Waals surface area contributed by atoms with Crippen molar-refractivity contribution >= 4 is 14.7 Å². The van der Waals surface area contributed by atoms with Crippen molar-refractivity contribution in [2.45, 2.75) is 116 Å². The number of alkyl halides is 29. The summed E-state index contributed by atoms with van der Waals surface area (Å²) >= 11 is 0. The van der Waals surface area contributed by atoms with Crippen LogP contribution in [0, 0.1) is 0 Å². The molecule has 0 atom stereocenters. The van der Waals surface area contributed by atoms with Crippen molar-refractivity contribution in [3.05, 3.63) is 0 Å². The molecule has 0 aromatic heterocycles. The quantitative estimate of drug-likeness (QED) is 0.0630. The molecule has 0 bridgehead atoms. The molecule has 1 N–H and O–H groups in total. The molecular formula is C24H22F29NO4Si. The predicted molar refractivity (Wildman–Crippen MR) is 133 cm³/mol. The zero-order valence-electron chi connectivity index (χ0n) is 28.3. The van der Waals surface area contributed by atoms with Crippen LogP contribution in [0.15, 0.2) is 0 Å². The summed E-state index contributed by atoms with van der Waals surface area (Å²) in [5.41, 5.74) is 0. The van der Waals surface area contributed by atoms with E-state index < -0.39 is 117 Å². The number of rotatable bonds is 23. The Labute approximate surface area is 309 Å². The Hall–Kier alpha value is -2.46. The van der Waals surface area contributed by atoms with Gasteiger partial charge in [-0.1, -0.05) is 0 Å². The molecule has 0 heterocycles. The van der Waals surface area contributed by atoms with Crippen LogP contribution in [0.2, 0.25) is 6.04 Å². The highest BCUT2D eigenvalue weighted by atomic mass is 28.4. The van der Waals surface area contributed by atoms with Gasteiger partial charge in [0, 0.05) is 32.4 Å². The van der Waals surface area contributed by atoms with Crippen LogP contribution in [0.25, 0.3) is 0 Å². The molecule has 0 radical (unpaired) electrons. The lowest BCUT2D eigenvalue weighted by molar-refractivity contribution is -0.486. The number of amides is 1. The Morgan fingerprint density at radius 2 is 0.610 bits per heavy atom. The zero-order valence-corrected chi connectivity index (χ0v) is 29.3. The topological polar surface area (TPSA) is 56.8 Å². The monoisotopic (exact) mass is 967 g/mol. The van der Waals surface area contributed by atoms with Crippen molar-refractivity contribution in [2.24, 2.45) is 0 Å². The van der Waals surface area contributed by atoms with E-state index in [4.69, 9.17) is 13.3 Å². The second-order valence-electron chi connectivity index (χ2n) is 11.3. The Bertz CT molecular complexity index is 1430. The Kier molecular flexibility index (Phi) is 15.7. The molecule has 0 aromatic carbocycles. The molecule has 0 unspecified atom stereocenters. The van der Waals surface area contributed by atoms with Gasteiger partial charge >= 0.3 is 92.0 Å². The molecule has 0 aliphatic heterocycles.